The maximum absolute atomic E-state index is 10.1. The zero-order chi connectivity index (χ0) is 16.8. The molecule has 0 saturated carbocycles. The standard InChI is InChI=1S/C15H29N3O4S/c16-7-5-3-1-2-4-6-8-17-15-18-10(9-23-15)11(19)12(20)13(21)14(18)22/h10-14,19-22H,1-9,16H2. The summed E-state index contributed by atoms with van der Waals surface area (Å²) in [4.78, 5) is 6.06. The van der Waals surface area contributed by atoms with Crippen molar-refractivity contribution < 1.29 is 20.4 Å². The highest BCUT2D eigenvalue weighted by Crippen LogP contribution is 2.34. The summed E-state index contributed by atoms with van der Waals surface area (Å²) in [6.45, 7) is 1.43. The number of unbranched alkanes of at least 4 members (excludes halogenated alkanes) is 5. The second-order valence-electron chi connectivity index (χ2n) is 6.25. The summed E-state index contributed by atoms with van der Waals surface area (Å²) >= 11 is 1.45. The van der Waals surface area contributed by atoms with E-state index in [1.54, 1.807) is 4.90 Å². The van der Waals surface area contributed by atoms with Gasteiger partial charge in [0, 0.05) is 12.3 Å². The Morgan fingerprint density at radius 2 is 1.61 bits per heavy atom. The molecule has 5 atom stereocenters. The van der Waals surface area contributed by atoms with E-state index in [1.807, 2.05) is 0 Å². The number of piperidine rings is 1. The van der Waals surface area contributed by atoms with Crippen LogP contribution in [0.1, 0.15) is 38.5 Å². The number of aliphatic hydroxyl groups excluding tert-OH is 4. The van der Waals surface area contributed by atoms with Crippen molar-refractivity contribution in [1.29, 1.82) is 0 Å². The van der Waals surface area contributed by atoms with Crippen LogP contribution in [0.5, 0.6) is 0 Å². The third-order valence-corrected chi connectivity index (χ3v) is 5.61. The molecule has 2 saturated heterocycles. The molecule has 0 amide bonds. The fraction of sp³-hybridized carbons (Fsp3) is 0.933. The van der Waals surface area contributed by atoms with Gasteiger partial charge in [-0.2, -0.15) is 0 Å². The fourth-order valence-electron chi connectivity index (χ4n) is 3.06. The van der Waals surface area contributed by atoms with Gasteiger partial charge in [-0.1, -0.05) is 37.4 Å². The molecule has 0 bridgehead atoms. The molecule has 23 heavy (non-hydrogen) atoms. The van der Waals surface area contributed by atoms with Gasteiger partial charge in [-0.05, 0) is 19.4 Å². The average Bonchev–Trinajstić information content (AvgIpc) is 2.97. The number of amidine groups is 1. The summed E-state index contributed by atoms with van der Waals surface area (Å²) < 4.78 is 0. The van der Waals surface area contributed by atoms with E-state index < -0.39 is 30.6 Å². The summed E-state index contributed by atoms with van der Waals surface area (Å²) in [6, 6.07) is -0.400. The zero-order valence-electron chi connectivity index (χ0n) is 13.4. The number of nitrogens with zero attached hydrogens (tertiary/aromatic N) is 2. The highest BCUT2D eigenvalue weighted by atomic mass is 32.2. The summed E-state index contributed by atoms with van der Waals surface area (Å²) in [5, 5.41) is 40.4. The van der Waals surface area contributed by atoms with Gasteiger partial charge >= 0.3 is 0 Å². The second kappa shape index (κ2) is 9.19. The number of nitrogens with two attached hydrogens (primary N) is 1. The van der Waals surface area contributed by atoms with Crippen molar-refractivity contribution in [3.05, 3.63) is 0 Å². The van der Waals surface area contributed by atoms with Crippen LogP contribution in [0.3, 0.4) is 0 Å². The highest BCUT2D eigenvalue weighted by Gasteiger charge is 2.51. The molecule has 0 radical (unpaired) electrons. The van der Waals surface area contributed by atoms with Crippen molar-refractivity contribution in [3.63, 3.8) is 0 Å². The van der Waals surface area contributed by atoms with Gasteiger partial charge in [-0.3, -0.25) is 4.99 Å². The number of aliphatic hydroxyl groups is 4. The van der Waals surface area contributed by atoms with Crippen LogP contribution in [-0.2, 0) is 0 Å². The van der Waals surface area contributed by atoms with E-state index in [0.29, 0.717) is 17.5 Å². The highest BCUT2D eigenvalue weighted by molar-refractivity contribution is 8.14. The predicted molar refractivity (Wildman–Crippen MR) is 91.2 cm³/mol. The van der Waals surface area contributed by atoms with Gasteiger partial charge in [0.1, 0.15) is 18.3 Å². The molecule has 5 unspecified atom stereocenters. The van der Waals surface area contributed by atoms with Crippen molar-refractivity contribution >= 4 is 16.9 Å². The molecule has 134 valence electrons. The van der Waals surface area contributed by atoms with Crippen molar-refractivity contribution in [2.75, 3.05) is 18.8 Å². The third-order valence-electron chi connectivity index (χ3n) is 4.51. The molecule has 0 aliphatic carbocycles. The Morgan fingerprint density at radius 1 is 0.957 bits per heavy atom. The SMILES string of the molecule is NCCCCCCCCN=C1SCC2C(O)C(O)C(O)C(O)N12. The average molecular weight is 347 g/mol. The monoisotopic (exact) mass is 347 g/mol. The topological polar surface area (TPSA) is 123 Å². The molecule has 0 spiro atoms. The van der Waals surface area contributed by atoms with E-state index in [0.717, 1.165) is 25.8 Å². The number of hydrogen-bond acceptors (Lipinski definition) is 7. The van der Waals surface area contributed by atoms with Gasteiger partial charge < -0.3 is 31.1 Å². The first-order valence-corrected chi connectivity index (χ1v) is 9.44. The van der Waals surface area contributed by atoms with Crippen LogP contribution in [0.15, 0.2) is 4.99 Å². The van der Waals surface area contributed by atoms with E-state index in [4.69, 9.17) is 5.73 Å². The Morgan fingerprint density at radius 3 is 2.30 bits per heavy atom. The Hall–Kier alpha value is -0.380. The molecule has 8 heteroatoms. The summed E-state index contributed by atoms with van der Waals surface area (Å²) in [7, 11) is 0. The van der Waals surface area contributed by atoms with Crippen LogP contribution in [0, 0.1) is 0 Å². The Kier molecular flexibility index (Phi) is 7.58. The molecule has 0 aromatic heterocycles. The van der Waals surface area contributed by atoms with Crippen LogP contribution in [-0.4, -0.2) is 79.9 Å². The van der Waals surface area contributed by atoms with Gasteiger partial charge in [0.05, 0.1) is 6.04 Å². The van der Waals surface area contributed by atoms with Gasteiger partial charge in [-0.15, -0.1) is 0 Å². The lowest BCUT2D eigenvalue weighted by atomic mass is 9.94. The first-order valence-electron chi connectivity index (χ1n) is 8.46. The van der Waals surface area contributed by atoms with E-state index >= 15 is 0 Å². The van der Waals surface area contributed by atoms with Gasteiger partial charge in [-0.25, -0.2) is 0 Å². The predicted octanol–water partition coefficient (Wildman–Crippen LogP) is -0.526. The summed E-state index contributed by atoms with van der Waals surface area (Å²) in [5.41, 5.74) is 5.46. The number of fused-ring (bicyclic) bond motifs is 1. The van der Waals surface area contributed by atoms with Gasteiger partial charge in [0.25, 0.3) is 0 Å². The molecule has 2 rings (SSSR count). The first-order chi connectivity index (χ1) is 11.1. The second-order valence-corrected chi connectivity index (χ2v) is 7.23. The maximum atomic E-state index is 10.1. The van der Waals surface area contributed by atoms with E-state index in [1.165, 1.54) is 31.0 Å². The molecule has 7 nitrogen and oxygen atoms in total. The van der Waals surface area contributed by atoms with Crippen LogP contribution in [0.25, 0.3) is 0 Å². The summed E-state index contributed by atoms with van der Waals surface area (Å²) in [6.07, 6.45) is 1.75. The zero-order valence-corrected chi connectivity index (χ0v) is 14.2. The van der Waals surface area contributed by atoms with Crippen LogP contribution in [0.4, 0.5) is 0 Å². The number of hydrogen-bond donors (Lipinski definition) is 5. The molecule has 6 N–H and O–H groups in total. The molecule has 2 aliphatic rings. The van der Waals surface area contributed by atoms with Crippen LogP contribution < -0.4 is 5.73 Å². The summed E-state index contributed by atoms with van der Waals surface area (Å²) in [5.74, 6) is 0.555. The van der Waals surface area contributed by atoms with Crippen molar-refractivity contribution in [2.24, 2.45) is 10.7 Å². The number of thioether (sulfide) groups is 1. The minimum absolute atomic E-state index is 0.400. The third kappa shape index (κ3) is 4.58. The minimum atomic E-state index is -1.38. The smallest absolute Gasteiger partial charge is 0.161 e. The van der Waals surface area contributed by atoms with Crippen molar-refractivity contribution in [1.82, 2.24) is 4.90 Å². The molecular formula is C15H29N3O4S. The van der Waals surface area contributed by atoms with Gasteiger partial charge in [0.15, 0.2) is 11.4 Å². The molecule has 2 aliphatic heterocycles. The first kappa shape index (κ1) is 19.0. The lowest BCUT2D eigenvalue weighted by Gasteiger charge is -2.44. The van der Waals surface area contributed by atoms with E-state index in [2.05, 4.69) is 4.99 Å². The maximum Gasteiger partial charge on any atom is 0.161 e. The van der Waals surface area contributed by atoms with Crippen molar-refractivity contribution in [3.8, 4) is 0 Å². The Labute approximate surface area is 141 Å². The van der Waals surface area contributed by atoms with E-state index in [-0.39, 0.29) is 0 Å². The minimum Gasteiger partial charge on any atom is -0.388 e. The lowest BCUT2D eigenvalue weighted by Crippen LogP contribution is -2.65. The lowest BCUT2D eigenvalue weighted by molar-refractivity contribution is -0.190. The molecular weight excluding hydrogens is 318 g/mol. The number of rotatable bonds is 8. The molecule has 2 fully saturated rings. The van der Waals surface area contributed by atoms with Gasteiger partial charge in [0.2, 0.25) is 0 Å². The molecule has 0 aromatic rings. The van der Waals surface area contributed by atoms with Crippen LogP contribution >= 0.6 is 11.8 Å². The Bertz CT molecular complexity index is 399. The Balaban J connectivity index is 1.77. The van der Waals surface area contributed by atoms with Crippen molar-refractivity contribution in [2.45, 2.75) is 69.1 Å². The van der Waals surface area contributed by atoms with E-state index in [9.17, 15) is 20.4 Å². The normalized spacial score (nSPS) is 35.8. The van der Waals surface area contributed by atoms with Crippen LogP contribution in [0.2, 0.25) is 0 Å². The molecule has 0 aromatic carbocycles. The number of aliphatic imine (C=N–C) groups is 1. The quantitative estimate of drug-likeness (QED) is 0.374. The largest absolute Gasteiger partial charge is 0.388 e. The fourth-order valence-corrected chi connectivity index (χ4v) is 4.32. The molecule has 2 heterocycles.